The van der Waals surface area contributed by atoms with E-state index in [-0.39, 0.29) is 18.1 Å². The van der Waals surface area contributed by atoms with Crippen LogP contribution in [0.3, 0.4) is 0 Å². The zero-order valence-corrected chi connectivity index (χ0v) is 11.2. The Bertz CT molecular complexity index is 377. The molecule has 2 aliphatic heterocycles. The Balaban J connectivity index is 1.97. The minimum absolute atomic E-state index is 0.0235. The molecule has 2 heterocycles. The van der Waals surface area contributed by atoms with E-state index >= 15 is 0 Å². The average molecular weight is 249 g/mol. The van der Waals surface area contributed by atoms with Gasteiger partial charge in [0.2, 0.25) is 0 Å². The Morgan fingerprint density at radius 1 is 1.33 bits per heavy atom. The minimum atomic E-state index is -0.811. The van der Waals surface area contributed by atoms with Crippen LogP contribution in [0.15, 0.2) is 0 Å². The third kappa shape index (κ3) is 1.42. The van der Waals surface area contributed by atoms with E-state index in [1.54, 1.807) is 0 Å². The maximum absolute atomic E-state index is 11.3. The molecule has 3 nitrogen and oxygen atoms in total. The number of nitrogens with zero attached hydrogens (tertiary/aromatic N) is 1. The van der Waals surface area contributed by atoms with Crippen LogP contribution in [0.25, 0.3) is 0 Å². The molecule has 3 aliphatic rings. The lowest BCUT2D eigenvalue weighted by atomic mass is 9.55. The van der Waals surface area contributed by atoms with Gasteiger partial charge in [-0.25, -0.2) is 0 Å². The maximum Gasteiger partial charge on any atom is 0.115 e. The van der Waals surface area contributed by atoms with E-state index < -0.39 is 11.0 Å². The van der Waals surface area contributed by atoms with Crippen molar-refractivity contribution in [1.82, 2.24) is 0 Å². The molecular weight excluding hydrogens is 226 g/mol. The molecule has 1 saturated carbocycles. The summed E-state index contributed by atoms with van der Waals surface area (Å²) in [6.45, 7) is 2.14. The molecule has 5 unspecified atom stereocenters. The Morgan fingerprint density at radius 2 is 2.17 bits per heavy atom. The van der Waals surface area contributed by atoms with Crippen molar-refractivity contribution in [2.24, 2.45) is 11.3 Å². The molecule has 0 spiro atoms. The highest BCUT2D eigenvalue weighted by atomic mass is 16.5. The molecule has 3 fully saturated rings. The summed E-state index contributed by atoms with van der Waals surface area (Å²) in [6.07, 6.45) is 8.03. The van der Waals surface area contributed by atoms with Crippen molar-refractivity contribution in [2.75, 3.05) is 0 Å². The van der Waals surface area contributed by atoms with Crippen LogP contribution in [0, 0.1) is 22.7 Å². The summed E-state index contributed by atoms with van der Waals surface area (Å²) in [6, 6.07) is 2.51. The summed E-state index contributed by atoms with van der Waals surface area (Å²) in [5.41, 5.74) is -1.44. The number of ether oxygens (including phenoxy) is 1. The molecule has 3 heteroatoms. The molecule has 0 radical (unpaired) electrons. The first kappa shape index (κ1) is 12.4. The Hall–Kier alpha value is -0.590. The maximum atomic E-state index is 11.3. The van der Waals surface area contributed by atoms with Crippen molar-refractivity contribution in [1.29, 1.82) is 5.26 Å². The molecule has 5 atom stereocenters. The van der Waals surface area contributed by atoms with Gasteiger partial charge in [-0.15, -0.1) is 0 Å². The highest BCUT2D eigenvalue weighted by molar-refractivity contribution is 5.22. The van der Waals surface area contributed by atoms with Crippen LogP contribution in [-0.4, -0.2) is 22.9 Å². The topological polar surface area (TPSA) is 53.2 Å². The van der Waals surface area contributed by atoms with Gasteiger partial charge in [0.15, 0.2) is 0 Å². The number of rotatable bonds is 2. The van der Waals surface area contributed by atoms with E-state index in [9.17, 15) is 10.4 Å². The molecule has 0 aromatic rings. The molecule has 3 rings (SSSR count). The van der Waals surface area contributed by atoms with Crippen molar-refractivity contribution in [2.45, 2.75) is 76.1 Å². The SMILES string of the molecule is CCC1CCCCC1(O)C1(C#N)CC2CCC1O2. The van der Waals surface area contributed by atoms with E-state index in [0.29, 0.717) is 0 Å². The summed E-state index contributed by atoms with van der Waals surface area (Å²) < 4.78 is 5.91. The number of aliphatic hydroxyl groups is 1. The van der Waals surface area contributed by atoms with Crippen LogP contribution in [-0.2, 0) is 4.74 Å². The minimum Gasteiger partial charge on any atom is -0.388 e. The lowest BCUT2D eigenvalue weighted by Gasteiger charge is -2.50. The lowest BCUT2D eigenvalue weighted by molar-refractivity contribution is -0.144. The third-order valence-electron chi connectivity index (χ3n) is 5.71. The van der Waals surface area contributed by atoms with Gasteiger partial charge >= 0.3 is 0 Å². The number of hydrogen-bond acceptors (Lipinski definition) is 3. The summed E-state index contributed by atoms with van der Waals surface area (Å²) >= 11 is 0. The summed E-state index contributed by atoms with van der Waals surface area (Å²) in [4.78, 5) is 0. The van der Waals surface area contributed by atoms with Gasteiger partial charge in [-0.3, -0.25) is 0 Å². The molecule has 2 bridgehead atoms. The fraction of sp³-hybridized carbons (Fsp3) is 0.933. The molecule has 0 aromatic carbocycles. The molecule has 1 N–H and O–H groups in total. The van der Waals surface area contributed by atoms with Gasteiger partial charge in [-0.05, 0) is 38.0 Å². The van der Waals surface area contributed by atoms with Gasteiger partial charge in [0, 0.05) is 0 Å². The zero-order chi connectivity index (χ0) is 12.8. The van der Waals surface area contributed by atoms with Crippen molar-refractivity contribution >= 4 is 0 Å². The quantitative estimate of drug-likeness (QED) is 0.818. The average Bonchev–Trinajstić information content (AvgIpc) is 3.00. The fourth-order valence-electron chi connectivity index (χ4n) is 4.74. The standard InChI is InChI=1S/C15H23NO2/c1-2-11-5-3-4-8-15(11,17)14(10-16)9-12-6-7-13(14)18-12/h11-13,17H,2-9H2,1H3. The summed E-state index contributed by atoms with van der Waals surface area (Å²) in [5.74, 6) is 0.272. The highest BCUT2D eigenvalue weighted by Crippen LogP contribution is 2.59. The predicted molar refractivity (Wildman–Crippen MR) is 67.8 cm³/mol. The van der Waals surface area contributed by atoms with Crippen LogP contribution < -0.4 is 0 Å². The van der Waals surface area contributed by atoms with Gasteiger partial charge in [-0.1, -0.05) is 26.2 Å². The van der Waals surface area contributed by atoms with Crippen molar-refractivity contribution in [3.8, 4) is 6.07 Å². The Kier molecular flexibility index (Phi) is 2.91. The van der Waals surface area contributed by atoms with Crippen molar-refractivity contribution < 1.29 is 9.84 Å². The number of nitriles is 1. The molecule has 1 aliphatic carbocycles. The van der Waals surface area contributed by atoms with Gasteiger partial charge < -0.3 is 9.84 Å². The zero-order valence-electron chi connectivity index (χ0n) is 11.2. The van der Waals surface area contributed by atoms with Gasteiger partial charge in [-0.2, -0.15) is 5.26 Å². The van der Waals surface area contributed by atoms with Crippen LogP contribution >= 0.6 is 0 Å². The summed E-state index contributed by atoms with van der Waals surface area (Å²) in [7, 11) is 0. The second kappa shape index (κ2) is 4.21. The van der Waals surface area contributed by atoms with Crippen LogP contribution in [0.5, 0.6) is 0 Å². The predicted octanol–water partition coefficient (Wildman–Crippen LogP) is 2.78. The van der Waals surface area contributed by atoms with E-state index in [4.69, 9.17) is 4.74 Å². The van der Waals surface area contributed by atoms with Crippen LogP contribution in [0.4, 0.5) is 0 Å². The van der Waals surface area contributed by atoms with Crippen molar-refractivity contribution in [3.05, 3.63) is 0 Å². The van der Waals surface area contributed by atoms with Crippen LogP contribution in [0.1, 0.15) is 58.3 Å². The van der Waals surface area contributed by atoms with E-state index in [0.717, 1.165) is 44.9 Å². The molecule has 100 valence electrons. The van der Waals surface area contributed by atoms with Gasteiger partial charge in [0.25, 0.3) is 0 Å². The van der Waals surface area contributed by atoms with E-state index in [2.05, 4.69) is 13.0 Å². The normalized spacial score (nSPS) is 51.3. The third-order valence-corrected chi connectivity index (χ3v) is 5.71. The second-order valence-corrected chi connectivity index (χ2v) is 6.39. The first-order valence-electron chi connectivity index (χ1n) is 7.45. The highest BCUT2D eigenvalue weighted by Gasteiger charge is 2.65. The van der Waals surface area contributed by atoms with Gasteiger partial charge in [0.1, 0.15) is 5.41 Å². The number of hydrogen-bond donors (Lipinski definition) is 1. The Labute approximate surface area is 109 Å². The van der Waals surface area contributed by atoms with Gasteiger partial charge in [0.05, 0.1) is 23.9 Å². The molecule has 0 aromatic heterocycles. The monoisotopic (exact) mass is 249 g/mol. The lowest BCUT2D eigenvalue weighted by Crippen LogP contribution is -2.58. The number of fused-ring (bicyclic) bond motifs is 2. The van der Waals surface area contributed by atoms with Crippen molar-refractivity contribution in [3.63, 3.8) is 0 Å². The first-order chi connectivity index (χ1) is 8.66. The molecule has 18 heavy (non-hydrogen) atoms. The smallest absolute Gasteiger partial charge is 0.115 e. The fourth-order valence-corrected chi connectivity index (χ4v) is 4.74. The Morgan fingerprint density at radius 3 is 2.72 bits per heavy atom. The van der Waals surface area contributed by atoms with E-state index in [1.165, 1.54) is 6.42 Å². The van der Waals surface area contributed by atoms with E-state index in [1.807, 2.05) is 0 Å². The molecule has 0 amide bonds. The van der Waals surface area contributed by atoms with Crippen LogP contribution in [0.2, 0.25) is 0 Å². The molecule has 2 saturated heterocycles. The second-order valence-electron chi connectivity index (χ2n) is 6.39. The molecular formula is C15H23NO2. The largest absolute Gasteiger partial charge is 0.388 e. The summed E-state index contributed by atoms with van der Waals surface area (Å²) in [5, 5.41) is 21.1. The first-order valence-corrected chi connectivity index (χ1v) is 7.45.